The van der Waals surface area contributed by atoms with E-state index in [9.17, 15) is 4.79 Å². The fourth-order valence-corrected chi connectivity index (χ4v) is 2.39. The number of carbonyl (C=O) groups excluding carboxylic acids is 1. The lowest BCUT2D eigenvalue weighted by atomic mass is 10.1. The Morgan fingerprint density at radius 3 is 2.58 bits per heavy atom. The van der Waals surface area contributed by atoms with Crippen LogP contribution in [-0.4, -0.2) is 15.9 Å². The van der Waals surface area contributed by atoms with Crippen molar-refractivity contribution in [2.45, 2.75) is 27.2 Å². The molecule has 0 saturated heterocycles. The molecule has 122 valence electrons. The SMILES string of the molecule is Cc1ccc(-c2nc(CC(=O)Nc3ccnc(C)c3)c(C)o2)cc1. The molecule has 0 bridgehead atoms. The lowest BCUT2D eigenvalue weighted by Gasteiger charge is -2.04. The molecule has 2 heterocycles. The van der Waals surface area contributed by atoms with Crippen molar-refractivity contribution in [1.82, 2.24) is 9.97 Å². The first-order chi connectivity index (χ1) is 11.5. The van der Waals surface area contributed by atoms with Gasteiger partial charge in [0.05, 0.1) is 12.1 Å². The van der Waals surface area contributed by atoms with Gasteiger partial charge in [-0.3, -0.25) is 9.78 Å². The van der Waals surface area contributed by atoms with Crippen molar-refractivity contribution < 1.29 is 9.21 Å². The highest BCUT2D eigenvalue weighted by Gasteiger charge is 2.15. The summed E-state index contributed by atoms with van der Waals surface area (Å²) in [7, 11) is 0. The lowest BCUT2D eigenvalue weighted by Crippen LogP contribution is -2.15. The van der Waals surface area contributed by atoms with Gasteiger partial charge in [0.15, 0.2) is 0 Å². The van der Waals surface area contributed by atoms with E-state index in [2.05, 4.69) is 15.3 Å². The van der Waals surface area contributed by atoms with Crippen molar-refractivity contribution in [3.63, 3.8) is 0 Å². The summed E-state index contributed by atoms with van der Waals surface area (Å²) in [6.45, 7) is 5.73. The molecule has 0 aliphatic heterocycles. The molecular formula is C19H19N3O2. The van der Waals surface area contributed by atoms with Crippen LogP contribution >= 0.6 is 0 Å². The highest BCUT2D eigenvalue weighted by molar-refractivity contribution is 5.92. The molecule has 24 heavy (non-hydrogen) atoms. The molecule has 0 fully saturated rings. The minimum absolute atomic E-state index is 0.132. The van der Waals surface area contributed by atoms with Crippen LogP contribution in [0.4, 0.5) is 5.69 Å². The number of aromatic nitrogens is 2. The minimum Gasteiger partial charge on any atom is -0.441 e. The quantitative estimate of drug-likeness (QED) is 0.792. The normalized spacial score (nSPS) is 10.6. The highest BCUT2D eigenvalue weighted by atomic mass is 16.4. The summed E-state index contributed by atoms with van der Waals surface area (Å²) in [6, 6.07) is 11.5. The van der Waals surface area contributed by atoms with Gasteiger partial charge < -0.3 is 9.73 Å². The van der Waals surface area contributed by atoms with Gasteiger partial charge in [0, 0.05) is 23.1 Å². The van der Waals surface area contributed by atoms with Crippen LogP contribution < -0.4 is 5.32 Å². The van der Waals surface area contributed by atoms with Crippen LogP contribution in [0.1, 0.15) is 22.7 Å². The molecule has 0 aliphatic carbocycles. The number of oxazole rings is 1. The summed E-state index contributed by atoms with van der Waals surface area (Å²) >= 11 is 0. The monoisotopic (exact) mass is 321 g/mol. The second-order valence-electron chi connectivity index (χ2n) is 5.80. The van der Waals surface area contributed by atoms with Gasteiger partial charge in [-0.2, -0.15) is 0 Å². The number of anilines is 1. The molecule has 3 rings (SSSR count). The van der Waals surface area contributed by atoms with Crippen molar-refractivity contribution in [2.24, 2.45) is 0 Å². The number of aryl methyl sites for hydroxylation is 3. The van der Waals surface area contributed by atoms with Crippen molar-refractivity contribution in [3.8, 4) is 11.5 Å². The zero-order valence-electron chi connectivity index (χ0n) is 14.0. The summed E-state index contributed by atoms with van der Waals surface area (Å²) in [6.07, 6.45) is 1.84. The van der Waals surface area contributed by atoms with Gasteiger partial charge in [0.1, 0.15) is 5.76 Å². The van der Waals surface area contributed by atoms with E-state index >= 15 is 0 Å². The number of rotatable bonds is 4. The molecule has 5 heteroatoms. The molecule has 0 radical (unpaired) electrons. The molecule has 0 saturated carbocycles. The molecule has 5 nitrogen and oxygen atoms in total. The third-order valence-corrected chi connectivity index (χ3v) is 3.70. The smallest absolute Gasteiger partial charge is 0.230 e. The molecule has 1 aromatic carbocycles. The van der Waals surface area contributed by atoms with Crippen LogP contribution in [0.25, 0.3) is 11.5 Å². The van der Waals surface area contributed by atoms with E-state index in [0.29, 0.717) is 17.3 Å². The third kappa shape index (κ3) is 3.68. The van der Waals surface area contributed by atoms with E-state index in [4.69, 9.17) is 4.42 Å². The van der Waals surface area contributed by atoms with E-state index in [0.717, 1.165) is 16.9 Å². The summed E-state index contributed by atoms with van der Waals surface area (Å²) in [5, 5.41) is 2.85. The molecule has 3 aromatic rings. The van der Waals surface area contributed by atoms with Crippen LogP contribution in [0.3, 0.4) is 0 Å². The van der Waals surface area contributed by atoms with Gasteiger partial charge >= 0.3 is 0 Å². The topological polar surface area (TPSA) is 68.0 Å². The van der Waals surface area contributed by atoms with Crippen LogP contribution in [0.15, 0.2) is 47.0 Å². The first kappa shape index (κ1) is 15.9. The molecule has 0 spiro atoms. The van der Waals surface area contributed by atoms with Gasteiger partial charge in [0.2, 0.25) is 11.8 Å². The number of nitrogens with zero attached hydrogens (tertiary/aromatic N) is 2. The Balaban J connectivity index is 1.73. The van der Waals surface area contributed by atoms with Gasteiger partial charge in [0.25, 0.3) is 0 Å². The van der Waals surface area contributed by atoms with Crippen LogP contribution in [0.5, 0.6) is 0 Å². The Hall–Kier alpha value is -2.95. The van der Waals surface area contributed by atoms with Gasteiger partial charge in [-0.15, -0.1) is 0 Å². The standard InChI is InChI=1S/C19H19N3O2/c1-12-4-6-15(7-5-12)19-22-17(14(3)24-19)11-18(23)21-16-8-9-20-13(2)10-16/h4-10H,11H2,1-3H3,(H,20,21,23). The Morgan fingerprint density at radius 2 is 1.88 bits per heavy atom. The first-order valence-corrected chi connectivity index (χ1v) is 7.77. The first-order valence-electron chi connectivity index (χ1n) is 7.77. The number of benzene rings is 1. The van der Waals surface area contributed by atoms with E-state index in [1.165, 1.54) is 5.56 Å². The lowest BCUT2D eigenvalue weighted by molar-refractivity contribution is -0.115. The summed E-state index contributed by atoms with van der Waals surface area (Å²) in [5.74, 6) is 1.06. The Bertz CT molecular complexity index is 867. The highest BCUT2D eigenvalue weighted by Crippen LogP contribution is 2.22. The molecule has 0 atom stereocenters. The zero-order valence-corrected chi connectivity index (χ0v) is 14.0. The molecule has 0 aliphatic rings. The fraction of sp³-hybridized carbons (Fsp3) is 0.211. The Labute approximate surface area is 140 Å². The predicted octanol–water partition coefficient (Wildman–Crippen LogP) is 3.84. The Kier molecular flexibility index (Phi) is 4.42. The van der Waals surface area contributed by atoms with E-state index in [-0.39, 0.29) is 12.3 Å². The van der Waals surface area contributed by atoms with Crippen LogP contribution in [0, 0.1) is 20.8 Å². The van der Waals surface area contributed by atoms with Crippen LogP contribution in [-0.2, 0) is 11.2 Å². The molecule has 2 aromatic heterocycles. The average Bonchev–Trinajstić information content (AvgIpc) is 2.89. The van der Waals surface area contributed by atoms with Crippen LogP contribution in [0.2, 0.25) is 0 Å². The van der Waals surface area contributed by atoms with Gasteiger partial charge in [-0.25, -0.2) is 4.98 Å². The number of hydrogen-bond donors (Lipinski definition) is 1. The predicted molar refractivity (Wildman–Crippen MR) is 92.7 cm³/mol. The third-order valence-electron chi connectivity index (χ3n) is 3.70. The molecule has 1 N–H and O–H groups in total. The minimum atomic E-state index is -0.132. The average molecular weight is 321 g/mol. The summed E-state index contributed by atoms with van der Waals surface area (Å²) in [5.41, 5.74) is 4.31. The van der Waals surface area contributed by atoms with Crippen molar-refractivity contribution >= 4 is 11.6 Å². The Morgan fingerprint density at radius 1 is 1.12 bits per heavy atom. The summed E-state index contributed by atoms with van der Waals surface area (Å²) < 4.78 is 5.71. The second-order valence-corrected chi connectivity index (χ2v) is 5.80. The molecular weight excluding hydrogens is 302 g/mol. The maximum atomic E-state index is 12.2. The van der Waals surface area contributed by atoms with E-state index in [1.807, 2.05) is 51.1 Å². The fourth-order valence-electron chi connectivity index (χ4n) is 2.39. The second kappa shape index (κ2) is 6.66. The molecule has 0 unspecified atom stereocenters. The number of pyridine rings is 1. The number of hydrogen-bond acceptors (Lipinski definition) is 4. The largest absolute Gasteiger partial charge is 0.441 e. The van der Waals surface area contributed by atoms with Gasteiger partial charge in [-0.05, 0) is 45.0 Å². The maximum Gasteiger partial charge on any atom is 0.230 e. The maximum absolute atomic E-state index is 12.2. The van der Waals surface area contributed by atoms with Crippen molar-refractivity contribution in [2.75, 3.05) is 5.32 Å². The van der Waals surface area contributed by atoms with E-state index in [1.54, 1.807) is 12.3 Å². The number of carbonyl (C=O) groups is 1. The van der Waals surface area contributed by atoms with E-state index < -0.39 is 0 Å². The number of nitrogens with one attached hydrogen (secondary N) is 1. The number of amides is 1. The zero-order chi connectivity index (χ0) is 17.1. The van der Waals surface area contributed by atoms with Crippen molar-refractivity contribution in [1.29, 1.82) is 0 Å². The molecule has 1 amide bonds. The van der Waals surface area contributed by atoms with Gasteiger partial charge in [-0.1, -0.05) is 17.7 Å². The summed E-state index contributed by atoms with van der Waals surface area (Å²) in [4.78, 5) is 20.8. The van der Waals surface area contributed by atoms with Crippen molar-refractivity contribution in [3.05, 3.63) is 65.3 Å².